The van der Waals surface area contributed by atoms with Crippen molar-refractivity contribution < 1.29 is 14.4 Å². The number of Topliss-reactive ketones (excluding diaryl/α,β-unsaturated/α-hetero) is 1. The SMILES string of the molecule is N=C(C(=NS)C(=O)NC(Cc1csc2ccccc12)C(=O)C(N)=O)c1ccncc1. The molecule has 0 radical (unpaired) electrons. The zero-order valence-corrected chi connectivity index (χ0v) is 17.2. The number of fused-ring (bicyclic) bond motifs is 1. The van der Waals surface area contributed by atoms with Crippen LogP contribution in [0.25, 0.3) is 10.1 Å². The number of benzene rings is 1. The molecule has 0 saturated carbocycles. The molecule has 1 aromatic carbocycles. The highest BCUT2D eigenvalue weighted by atomic mass is 32.1. The summed E-state index contributed by atoms with van der Waals surface area (Å²) in [5.41, 5.74) is 5.87. The number of nitrogens with two attached hydrogens (primary N) is 1. The lowest BCUT2D eigenvalue weighted by Gasteiger charge is -2.17. The summed E-state index contributed by atoms with van der Waals surface area (Å²) in [5, 5.41) is 13.5. The van der Waals surface area contributed by atoms with Crippen LogP contribution >= 0.6 is 24.2 Å². The highest BCUT2D eigenvalue weighted by molar-refractivity contribution is 7.79. The Morgan fingerprint density at radius 3 is 2.57 bits per heavy atom. The molecule has 152 valence electrons. The number of nitrogens with one attached hydrogen (secondary N) is 2. The molecule has 1 unspecified atom stereocenters. The van der Waals surface area contributed by atoms with E-state index in [1.807, 2.05) is 29.6 Å². The summed E-state index contributed by atoms with van der Waals surface area (Å²) in [6, 6.07) is 9.48. The summed E-state index contributed by atoms with van der Waals surface area (Å²) < 4.78 is 4.61. The Morgan fingerprint density at radius 1 is 1.20 bits per heavy atom. The van der Waals surface area contributed by atoms with E-state index in [1.165, 1.54) is 35.9 Å². The zero-order chi connectivity index (χ0) is 21.7. The monoisotopic (exact) mass is 439 g/mol. The Balaban J connectivity index is 1.85. The molecule has 4 N–H and O–H groups in total. The molecule has 2 heterocycles. The van der Waals surface area contributed by atoms with Crippen LogP contribution in [0.5, 0.6) is 0 Å². The maximum Gasteiger partial charge on any atom is 0.287 e. The van der Waals surface area contributed by atoms with E-state index in [0.29, 0.717) is 5.56 Å². The first-order valence-electron chi connectivity index (χ1n) is 8.73. The van der Waals surface area contributed by atoms with Crippen LogP contribution < -0.4 is 11.1 Å². The highest BCUT2D eigenvalue weighted by Gasteiger charge is 2.29. The second-order valence-corrected chi connectivity index (χ2v) is 7.39. The third kappa shape index (κ3) is 4.61. The average molecular weight is 440 g/mol. The molecule has 2 aromatic heterocycles. The molecule has 8 nitrogen and oxygen atoms in total. The van der Waals surface area contributed by atoms with Gasteiger partial charge in [-0.2, -0.15) is 0 Å². The Kier molecular flexibility index (Phi) is 6.70. The summed E-state index contributed by atoms with van der Waals surface area (Å²) in [5.74, 6) is -2.91. The number of aromatic nitrogens is 1. The molecule has 0 aliphatic carbocycles. The fraction of sp³-hybridized carbons (Fsp3) is 0.100. The second kappa shape index (κ2) is 9.42. The summed E-state index contributed by atoms with van der Waals surface area (Å²) in [6.45, 7) is 0. The molecular weight excluding hydrogens is 422 g/mol. The topological polar surface area (TPSA) is 138 Å². The van der Waals surface area contributed by atoms with E-state index >= 15 is 0 Å². The normalized spacial score (nSPS) is 12.4. The molecule has 0 spiro atoms. The second-order valence-electron chi connectivity index (χ2n) is 6.28. The molecule has 0 bridgehead atoms. The Bertz CT molecular complexity index is 1160. The van der Waals surface area contributed by atoms with Gasteiger partial charge in [-0.25, -0.2) is 4.40 Å². The smallest absolute Gasteiger partial charge is 0.287 e. The number of ketones is 1. The van der Waals surface area contributed by atoms with E-state index in [1.54, 1.807) is 0 Å². The van der Waals surface area contributed by atoms with E-state index in [2.05, 4.69) is 27.5 Å². The van der Waals surface area contributed by atoms with Gasteiger partial charge in [-0.15, -0.1) is 11.3 Å². The molecule has 0 aliphatic heterocycles. The van der Waals surface area contributed by atoms with Crippen LogP contribution in [0.2, 0.25) is 0 Å². The number of thiol groups is 1. The third-order valence-electron chi connectivity index (χ3n) is 4.37. The number of carbonyl (C=O) groups is 3. The molecule has 0 aliphatic rings. The first-order chi connectivity index (χ1) is 14.4. The molecule has 2 amide bonds. The number of pyridine rings is 1. The van der Waals surface area contributed by atoms with Crippen molar-refractivity contribution in [2.24, 2.45) is 10.1 Å². The first-order valence-corrected chi connectivity index (χ1v) is 10.0. The van der Waals surface area contributed by atoms with Gasteiger partial charge in [0, 0.05) is 29.1 Å². The largest absolute Gasteiger partial charge is 0.363 e. The van der Waals surface area contributed by atoms with Crippen LogP contribution in [0.1, 0.15) is 11.1 Å². The van der Waals surface area contributed by atoms with E-state index in [9.17, 15) is 14.4 Å². The summed E-state index contributed by atoms with van der Waals surface area (Å²) >= 11 is 5.28. The lowest BCUT2D eigenvalue weighted by Crippen LogP contribution is -2.50. The molecule has 0 fully saturated rings. The van der Waals surface area contributed by atoms with E-state index < -0.39 is 23.6 Å². The Morgan fingerprint density at radius 2 is 1.90 bits per heavy atom. The molecule has 3 rings (SSSR count). The fourth-order valence-electron chi connectivity index (χ4n) is 2.88. The minimum absolute atomic E-state index is 0.0694. The molecule has 10 heteroatoms. The lowest BCUT2D eigenvalue weighted by molar-refractivity contribution is -0.137. The van der Waals surface area contributed by atoms with Crippen LogP contribution in [0.4, 0.5) is 0 Å². The Hall–Kier alpha value is -3.37. The van der Waals surface area contributed by atoms with Gasteiger partial charge in [-0.1, -0.05) is 18.2 Å². The van der Waals surface area contributed by atoms with Crippen LogP contribution in [0.15, 0.2) is 58.6 Å². The Labute approximate surface area is 181 Å². The zero-order valence-electron chi connectivity index (χ0n) is 15.5. The van der Waals surface area contributed by atoms with Crippen molar-refractivity contribution in [1.29, 1.82) is 5.41 Å². The van der Waals surface area contributed by atoms with Gasteiger partial charge < -0.3 is 11.1 Å². The van der Waals surface area contributed by atoms with Crippen molar-refractivity contribution in [3.05, 3.63) is 65.3 Å². The molecule has 30 heavy (non-hydrogen) atoms. The van der Waals surface area contributed by atoms with Gasteiger partial charge in [0.05, 0.1) is 5.71 Å². The highest BCUT2D eigenvalue weighted by Crippen LogP contribution is 2.26. The van der Waals surface area contributed by atoms with Gasteiger partial charge in [0.1, 0.15) is 6.04 Å². The van der Waals surface area contributed by atoms with Crippen LogP contribution in [-0.4, -0.2) is 40.0 Å². The molecular formula is C20H17N5O3S2. The molecule has 3 aromatic rings. The predicted octanol–water partition coefficient (Wildman–Crippen LogP) is 1.73. The van der Waals surface area contributed by atoms with Crippen molar-refractivity contribution in [2.75, 3.05) is 0 Å². The quantitative estimate of drug-likeness (QED) is 0.241. The summed E-state index contributed by atoms with van der Waals surface area (Å²) in [7, 11) is 0. The van der Waals surface area contributed by atoms with Gasteiger partial charge in [0.2, 0.25) is 5.78 Å². The van der Waals surface area contributed by atoms with E-state index in [-0.39, 0.29) is 17.8 Å². The van der Waals surface area contributed by atoms with Gasteiger partial charge in [-0.05, 0) is 47.3 Å². The van der Waals surface area contributed by atoms with Crippen molar-refractivity contribution in [3.8, 4) is 0 Å². The number of thiophene rings is 1. The standard InChI is InChI=1S/C20H17N5O3S2/c21-16(11-5-7-23-8-6-11)17(25-29)20(28)24-14(18(26)19(22)27)9-12-10-30-15-4-2-1-3-13(12)15/h1-8,10,14,21,29H,9H2,(H2,22,27)(H,24,28). The van der Waals surface area contributed by atoms with Crippen molar-refractivity contribution in [1.82, 2.24) is 10.3 Å². The third-order valence-corrected chi connectivity index (χ3v) is 5.58. The fourth-order valence-corrected chi connectivity index (χ4v) is 4.05. The van der Waals surface area contributed by atoms with Crippen molar-refractivity contribution in [3.63, 3.8) is 0 Å². The van der Waals surface area contributed by atoms with Gasteiger partial charge in [0.15, 0.2) is 5.71 Å². The van der Waals surface area contributed by atoms with Crippen molar-refractivity contribution in [2.45, 2.75) is 12.5 Å². The maximum absolute atomic E-state index is 12.8. The van der Waals surface area contributed by atoms with Crippen LogP contribution in [0, 0.1) is 5.41 Å². The minimum atomic E-state index is -1.21. The lowest BCUT2D eigenvalue weighted by atomic mass is 10.00. The van der Waals surface area contributed by atoms with E-state index in [4.69, 9.17) is 11.1 Å². The molecule has 0 saturated heterocycles. The molecule has 1 atom stereocenters. The average Bonchev–Trinajstić information content (AvgIpc) is 3.16. The number of amides is 2. The number of rotatable bonds is 8. The number of carbonyl (C=O) groups excluding carboxylic acids is 3. The summed E-state index contributed by atoms with van der Waals surface area (Å²) in [6.07, 6.45) is 3.01. The minimum Gasteiger partial charge on any atom is -0.363 e. The maximum atomic E-state index is 12.8. The van der Waals surface area contributed by atoms with Gasteiger partial charge in [-0.3, -0.25) is 24.8 Å². The number of nitrogens with zero attached hydrogens (tertiary/aromatic N) is 2. The van der Waals surface area contributed by atoms with E-state index in [0.717, 1.165) is 15.6 Å². The predicted molar refractivity (Wildman–Crippen MR) is 119 cm³/mol. The van der Waals surface area contributed by atoms with Gasteiger partial charge in [0.25, 0.3) is 11.8 Å². The number of hydrogen-bond acceptors (Lipinski definition) is 8. The van der Waals surface area contributed by atoms with Crippen LogP contribution in [0.3, 0.4) is 0 Å². The first kappa shape index (κ1) is 21.3. The number of hydrogen-bond donors (Lipinski definition) is 4. The van der Waals surface area contributed by atoms with Crippen LogP contribution in [-0.2, 0) is 20.8 Å². The van der Waals surface area contributed by atoms with Gasteiger partial charge >= 0.3 is 0 Å². The van der Waals surface area contributed by atoms with Crippen molar-refractivity contribution >= 4 is 63.3 Å². The number of primary amides is 1. The summed E-state index contributed by atoms with van der Waals surface area (Å²) in [4.78, 5) is 40.6.